The fourth-order valence-corrected chi connectivity index (χ4v) is 6.39. The van der Waals surface area contributed by atoms with Gasteiger partial charge in [-0.15, -0.1) is 0 Å². The van der Waals surface area contributed by atoms with Crippen LogP contribution in [-0.4, -0.2) is 89.4 Å². The summed E-state index contributed by atoms with van der Waals surface area (Å²) in [6.45, 7) is 3.87. The van der Waals surface area contributed by atoms with Crippen molar-refractivity contribution in [1.29, 1.82) is 5.26 Å². The number of ether oxygens (including phenoxy) is 1. The number of anilines is 2. The van der Waals surface area contributed by atoms with Crippen LogP contribution in [0.2, 0.25) is 0 Å². The van der Waals surface area contributed by atoms with Crippen molar-refractivity contribution >= 4 is 28.4 Å². The molecule has 0 spiro atoms. The number of carbonyl (C=O) groups is 1. The number of halogens is 1. The second kappa shape index (κ2) is 11.4. The SMILES string of the molecule is CN1CCC[C@H]1COc1nc2c(c(N3CCN(C(=O)O)C(CC#N)C3)n1)CCN(c1cccc3c(F)cccc13)C2. The van der Waals surface area contributed by atoms with Crippen molar-refractivity contribution in [3.05, 3.63) is 53.5 Å². The van der Waals surface area contributed by atoms with Gasteiger partial charge in [-0.25, -0.2) is 9.18 Å². The minimum Gasteiger partial charge on any atom is -0.465 e. The van der Waals surface area contributed by atoms with Crippen molar-refractivity contribution in [2.75, 3.05) is 56.2 Å². The van der Waals surface area contributed by atoms with Crippen molar-refractivity contribution in [1.82, 2.24) is 19.8 Å². The van der Waals surface area contributed by atoms with Gasteiger partial charge in [-0.2, -0.15) is 15.2 Å². The molecule has 1 amide bonds. The maximum absolute atomic E-state index is 14.6. The van der Waals surface area contributed by atoms with Crippen LogP contribution in [0.3, 0.4) is 0 Å². The second-order valence-electron chi connectivity index (χ2n) is 11.1. The van der Waals surface area contributed by atoms with Crippen molar-refractivity contribution in [2.24, 2.45) is 0 Å². The normalized spacial score (nSPS) is 21.1. The van der Waals surface area contributed by atoms with Gasteiger partial charge in [-0.3, -0.25) is 0 Å². The first-order chi connectivity index (χ1) is 19.9. The van der Waals surface area contributed by atoms with Crippen molar-refractivity contribution in [3.63, 3.8) is 0 Å². The molecule has 11 heteroatoms. The lowest BCUT2D eigenvalue weighted by Crippen LogP contribution is -2.55. The summed E-state index contributed by atoms with van der Waals surface area (Å²) < 4.78 is 20.8. The number of carboxylic acid groups (broad SMARTS) is 1. The van der Waals surface area contributed by atoms with E-state index in [1.807, 2.05) is 18.2 Å². The zero-order valence-electron chi connectivity index (χ0n) is 23.2. The summed E-state index contributed by atoms with van der Waals surface area (Å²) >= 11 is 0. The minimum atomic E-state index is -1.01. The number of hydrogen-bond acceptors (Lipinski definition) is 8. The van der Waals surface area contributed by atoms with Gasteiger partial charge in [0.15, 0.2) is 0 Å². The molecule has 0 bridgehead atoms. The molecule has 3 aliphatic rings. The third kappa shape index (κ3) is 5.32. The van der Waals surface area contributed by atoms with Crippen LogP contribution in [0.5, 0.6) is 6.01 Å². The summed E-state index contributed by atoms with van der Waals surface area (Å²) in [6, 6.07) is 13.2. The maximum Gasteiger partial charge on any atom is 0.407 e. The summed E-state index contributed by atoms with van der Waals surface area (Å²) in [5.74, 6) is 0.507. The van der Waals surface area contributed by atoms with Crippen LogP contribution in [0.15, 0.2) is 36.4 Å². The Bertz CT molecular complexity index is 1490. The smallest absolute Gasteiger partial charge is 0.407 e. The monoisotopic (exact) mass is 559 g/mol. The fourth-order valence-electron chi connectivity index (χ4n) is 6.39. The molecule has 0 radical (unpaired) electrons. The van der Waals surface area contributed by atoms with Gasteiger partial charge in [0.2, 0.25) is 0 Å². The number of rotatable bonds is 6. The lowest BCUT2D eigenvalue weighted by atomic mass is 10.0. The molecule has 6 rings (SSSR count). The summed E-state index contributed by atoms with van der Waals surface area (Å²) in [7, 11) is 2.10. The molecule has 3 aromatic rings. The van der Waals surface area contributed by atoms with E-state index in [1.165, 1.54) is 11.0 Å². The van der Waals surface area contributed by atoms with Crippen LogP contribution in [0, 0.1) is 17.1 Å². The van der Waals surface area contributed by atoms with Crippen LogP contribution in [0.4, 0.5) is 20.7 Å². The van der Waals surface area contributed by atoms with Gasteiger partial charge in [0.05, 0.1) is 30.8 Å². The minimum absolute atomic E-state index is 0.110. The number of hydrogen-bond donors (Lipinski definition) is 1. The lowest BCUT2D eigenvalue weighted by molar-refractivity contribution is 0.119. The lowest BCUT2D eigenvalue weighted by Gasteiger charge is -2.41. The summed E-state index contributed by atoms with van der Waals surface area (Å²) in [5, 5.41) is 20.5. The molecule has 2 atom stereocenters. The van der Waals surface area contributed by atoms with Crippen molar-refractivity contribution in [3.8, 4) is 12.1 Å². The van der Waals surface area contributed by atoms with Gasteiger partial charge < -0.3 is 29.4 Å². The van der Waals surface area contributed by atoms with Gasteiger partial charge in [-0.1, -0.05) is 24.3 Å². The molecule has 41 heavy (non-hydrogen) atoms. The van der Waals surface area contributed by atoms with E-state index >= 15 is 0 Å². The third-order valence-electron chi connectivity index (χ3n) is 8.64. The van der Waals surface area contributed by atoms with E-state index in [0.29, 0.717) is 56.6 Å². The Morgan fingerprint density at radius 3 is 2.71 bits per heavy atom. The Balaban J connectivity index is 1.34. The highest BCUT2D eigenvalue weighted by Crippen LogP contribution is 2.35. The molecule has 10 nitrogen and oxygen atoms in total. The van der Waals surface area contributed by atoms with E-state index in [2.05, 4.69) is 27.8 Å². The highest BCUT2D eigenvalue weighted by atomic mass is 19.1. The summed E-state index contributed by atoms with van der Waals surface area (Å²) in [4.78, 5) is 29.5. The highest BCUT2D eigenvalue weighted by molar-refractivity contribution is 5.94. The number of fused-ring (bicyclic) bond motifs is 2. The molecular weight excluding hydrogens is 525 g/mol. The molecular formula is C30H34FN7O3. The Hall–Kier alpha value is -4.17. The van der Waals surface area contributed by atoms with Crippen LogP contribution >= 0.6 is 0 Å². The van der Waals surface area contributed by atoms with Crippen LogP contribution in [-0.2, 0) is 13.0 Å². The predicted octanol–water partition coefficient (Wildman–Crippen LogP) is 3.89. The van der Waals surface area contributed by atoms with Crippen LogP contribution in [0.25, 0.3) is 10.8 Å². The van der Waals surface area contributed by atoms with Crippen molar-refractivity contribution < 1.29 is 19.0 Å². The average Bonchev–Trinajstić information content (AvgIpc) is 3.39. The number of nitrogens with zero attached hydrogens (tertiary/aromatic N) is 7. The fraction of sp³-hybridized carbons (Fsp3) is 0.467. The maximum atomic E-state index is 14.6. The molecule has 2 saturated heterocycles. The van der Waals surface area contributed by atoms with E-state index in [9.17, 15) is 19.6 Å². The Morgan fingerprint density at radius 2 is 1.93 bits per heavy atom. The van der Waals surface area contributed by atoms with E-state index in [-0.39, 0.29) is 18.8 Å². The zero-order chi connectivity index (χ0) is 28.5. The number of piperazine rings is 1. The van der Waals surface area contributed by atoms with E-state index < -0.39 is 12.1 Å². The third-order valence-corrected chi connectivity index (χ3v) is 8.64. The van der Waals surface area contributed by atoms with Crippen LogP contribution in [0.1, 0.15) is 30.5 Å². The molecule has 1 unspecified atom stereocenters. The first-order valence-corrected chi connectivity index (χ1v) is 14.2. The molecule has 4 heterocycles. The Morgan fingerprint density at radius 1 is 1.10 bits per heavy atom. The Labute approximate surface area is 238 Å². The standard InChI is InChI=1S/C30H34FN7O3/c1-35-13-4-5-21(35)19-41-29-33-26-18-36(27-9-3-6-22-23(27)7-2-8-25(22)31)14-11-24(26)28(34-29)37-15-16-38(30(39)40)20(17-37)10-12-32/h2-3,6-9,20-21H,4-5,10-11,13-19H2,1H3,(H,39,40)/t20?,21-/m0/s1. The van der Waals surface area contributed by atoms with Crippen LogP contribution < -0.4 is 14.5 Å². The van der Waals surface area contributed by atoms with E-state index in [4.69, 9.17) is 14.7 Å². The largest absolute Gasteiger partial charge is 0.465 e. The quantitative estimate of drug-likeness (QED) is 0.481. The van der Waals surface area contributed by atoms with E-state index in [0.717, 1.165) is 47.5 Å². The molecule has 214 valence electrons. The van der Waals surface area contributed by atoms with Gasteiger partial charge in [0.1, 0.15) is 18.2 Å². The number of likely N-dealkylation sites (tertiary alicyclic amines) is 1. The first-order valence-electron chi connectivity index (χ1n) is 14.2. The Kier molecular flexibility index (Phi) is 7.49. The number of benzene rings is 2. The average molecular weight is 560 g/mol. The van der Waals surface area contributed by atoms with Gasteiger partial charge in [0.25, 0.3) is 0 Å². The first kappa shape index (κ1) is 27.0. The van der Waals surface area contributed by atoms with Gasteiger partial charge >= 0.3 is 12.1 Å². The molecule has 2 fully saturated rings. The van der Waals surface area contributed by atoms with Gasteiger partial charge in [0, 0.05) is 54.2 Å². The molecule has 1 aromatic heterocycles. The molecule has 1 N–H and O–H groups in total. The van der Waals surface area contributed by atoms with E-state index in [1.54, 1.807) is 12.1 Å². The predicted molar refractivity (Wildman–Crippen MR) is 153 cm³/mol. The number of amides is 1. The van der Waals surface area contributed by atoms with Crippen molar-refractivity contribution in [2.45, 2.75) is 44.3 Å². The molecule has 0 aliphatic carbocycles. The number of aromatic nitrogens is 2. The number of nitriles is 1. The van der Waals surface area contributed by atoms with Gasteiger partial charge in [-0.05, 0) is 45.0 Å². The molecule has 3 aliphatic heterocycles. The topological polar surface area (TPSA) is 109 Å². The highest BCUT2D eigenvalue weighted by Gasteiger charge is 2.34. The molecule has 2 aromatic carbocycles. The summed E-state index contributed by atoms with van der Waals surface area (Å²) in [6.07, 6.45) is 1.96. The molecule has 0 saturated carbocycles. The zero-order valence-corrected chi connectivity index (χ0v) is 23.2. The number of likely N-dealkylation sites (N-methyl/N-ethyl adjacent to an activating group) is 1. The second-order valence-corrected chi connectivity index (χ2v) is 11.1. The summed E-state index contributed by atoms with van der Waals surface area (Å²) in [5.41, 5.74) is 2.81.